The van der Waals surface area contributed by atoms with Crippen LogP contribution in [0.1, 0.15) is 62.4 Å². The molecule has 0 saturated heterocycles. The molecule has 2 unspecified atom stereocenters. The van der Waals surface area contributed by atoms with E-state index in [-0.39, 0.29) is 18.1 Å². The number of unbranched alkanes of at least 4 members (excludes halogenated alkanes) is 2. The second kappa shape index (κ2) is 8.34. The Bertz CT molecular complexity index is 712. The Morgan fingerprint density at radius 1 is 1.31 bits per heavy atom. The molecular formula is C20H27NO5. The van der Waals surface area contributed by atoms with Crippen LogP contribution < -0.4 is 9.64 Å². The zero-order valence-corrected chi connectivity index (χ0v) is 15.9. The van der Waals surface area contributed by atoms with Gasteiger partial charge in [-0.1, -0.05) is 26.7 Å². The van der Waals surface area contributed by atoms with Crippen LogP contribution in [0.2, 0.25) is 0 Å². The molecule has 0 radical (unpaired) electrons. The Hall–Kier alpha value is -2.37. The van der Waals surface area contributed by atoms with E-state index < -0.39 is 18.0 Å². The van der Waals surface area contributed by atoms with Crippen molar-refractivity contribution in [2.45, 2.75) is 59.0 Å². The summed E-state index contributed by atoms with van der Waals surface area (Å²) in [5.74, 6) is -1.41. The third-order valence-corrected chi connectivity index (χ3v) is 4.77. The monoisotopic (exact) mass is 361 g/mol. The lowest BCUT2D eigenvalue weighted by atomic mass is 9.90. The minimum absolute atomic E-state index is 0.173. The molecule has 0 saturated carbocycles. The van der Waals surface area contributed by atoms with E-state index in [9.17, 15) is 14.4 Å². The largest absolute Gasteiger partial charge is 0.481 e. The molecule has 1 aromatic rings. The smallest absolute Gasteiger partial charge is 0.304 e. The SMILES string of the molecule is CCCCCc1cc2c(cc1C(=O)C(C)CC(=O)O)N(C)C(=O)C(C)O2. The van der Waals surface area contributed by atoms with E-state index in [4.69, 9.17) is 9.84 Å². The molecule has 1 N–H and O–H groups in total. The molecule has 1 aromatic carbocycles. The van der Waals surface area contributed by atoms with Crippen molar-refractivity contribution in [2.24, 2.45) is 5.92 Å². The van der Waals surface area contributed by atoms with E-state index in [1.54, 1.807) is 27.0 Å². The first-order valence-electron chi connectivity index (χ1n) is 9.13. The van der Waals surface area contributed by atoms with Gasteiger partial charge in [-0.3, -0.25) is 14.4 Å². The fourth-order valence-electron chi connectivity index (χ4n) is 3.22. The van der Waals surface area contributed by atoms with E-state index in [1.807, 2.05) is 6.07 Å². The molecule has 6 nitrogen and oxygen atoms in total. The summed E-state index contributed by atoms with van der Waals surface area (Å²) in [5, 5.41) is 9.00. The average molecular weight is 361 g/mol. The quantitative estimate of drug-likeness (QED) is 0.566. The van der Waals surface area contributed by atoms with Gasteiger partial charge < -0.3 is 14.7 Å². The molecule has 6 heteroatoms. The first-order valence-corrected chi connectivity index (χ1v) is 9.13. The number of aliphatic carboxylic acids is 1. The van der Waals surface area contributed by atoms with Gasteiger partial charge in [0.15, 0.2) is 11.9 Å². The van der Waals surface area contributed by atoms with Gasteiger partial charge in [-0.25, -0.2) is 0 Å². The first-order chi connectivity index (χ1) is 12.3. The number of carboxylic acids is 1. The van der Waals surface area contributed by atoms with Crippen LogP contribution in [-0.4, -0.2) is 35.9 Å². The summed E-state index contributed by atoms with van der Waals surface area (Å²) in [6, 6.07) is 3.52. The number of rotatable bonds is 8. The molecule has 2 atom stereocenters. The van der Waals surface area contributed by atoms with Crippen LogP contribution in [0.15, 0.2) is 12.1 Å². The van der Waals surface area contributed by atoms with Gasteiger partial charge in [0, 0.05) is 18.5 Å². The molecule has 0 fully saturated rings. The number of carboxylic acid groups (broad SMARTS) is 1. The topological polar surface area (TPSA) is 83.9 Å². The average Bonchev–Trinajstić information content (AvgIpc) is 2.58. The fourth-order valence-corrected chi connectivity index (χ4v) is 3.22. The number of anilines is 1. The van der Waals surface area contributed by atoms with Crippen LogP contribution in [0.4, 0.5) is 5.69 Å². The lowest BCUT2D eigenvalue weighted by Gasteiger charge is -2.31. The predicted octanol–water partition coefficient (Wildman–Crippen LogP) is 3.46. The second-order valence-corrected chi connectivity index (χ2v) is 6.95. The highest BCUT2D eigenvalue weighted by Crippen LogP contribution is 2.37. The van der Waals surface area contributed by atoms with Crippen molar-refractivity contribution in [1.82, 2.24) is 0 Å². The molecule has 0 aliphatic carbocycles. The van der Waals surface area contributed by atoms with Gasteiger partial charge in [-0.2, -0.15) is 0 Å². The van der Waals surface area contributed by atoms with E-state index >= 15 is 0 Å². The van der Waals surface area contributed by atoms with Crippen molar-refractivity contribution in [3.8, 4) is 5.75 Å². The van der Waals surface area contributed by atoms with Gasteiger partial charge in [0.25, 0.3) is 5.91 Å². The first kappa shape index (κ1) is 19.9. The van der Waals surface area contributed by atoms with Crippen LogP contribution in [-0.2, 0) is 16.0 Å². The highest BCUT2D eigenvalue weighted by atomic mass is 16.5. The number of likely N-dealkylation sites (N-methyl/N-ethyl adjacent to an activating group) is 1. The summed E-state index contributed by atoms with van der Waals surface area (Å²) in [4.78, 5) is 37.5. The van der Waals surface area contributed by atoms with Gasteiger partial charge in [0.1, 0.15) is 5.75 Å². The van der Waals surface area contributed by atoms with Crippen molar-refractivity contribution in [1.29, 1.82) is 0 Å². The Kier molecular flexibility index (Phi) is 6.40. The molecular weight excluding hydrogens is 334 g/mol. The zero-order chi connectivity index (χ0) is 19.4. The number of hydrogen-bond acceptors (Lipinski definition) is 4. The van der Waals surface area contributed by atoms with Crippen LogP contribution in [0.3, 0.4) is 0 Å². The third-order valence-electron chi connectivity index (χ3n) is 4.77. The van der Waals surface area contributed by atoms with E-state index in [2.05, 4.69) is 6.92 Å². The maximum Gasteiger partial charge on any atom is 0.304 e. The number of ketones is 1. The van der Waals surface area contributed by atoms with Crippen molar-refractivity contribution >= 4 is 23.3 Å². The maximum atomic E-state index is 12.9. The van der Waals surface area contributed by atoms with Crippen molar-refractivity contribution in [2.75, 3.05) is 11.9 Å². The van der Waals surface area contributed by atoms with Crippen molar-refractivity contribution in [3.63, 3.8) is 0 Å². The summed E-state index contributed by atoms with van der Waals surface area (Å²) in [6.07, 6.45) is 2.99. The van der Waals surface area contributed by atoms with Gasteiger partial charge >= 0.3 is 5.97 Å². The minimum Gasteiger partial charge on any atom is -0.481 e. The summed E-state index contributed by atoms with van der Waals surface area (Å²) in [7, 11) is 1.66. The summed E-state index contributed by atoms with van der Waals surface area (Å²) >= 11 is 0. The Balaban J connectivity index is 2.44. The number of Topliss-reactive ketones (excluding diaryl/α,β-unsaturated/α-hetero) is 1. The Morgan fingerprint density at radius 2 is 2.00 bits per heavy atom. The third kappa shape index (κ3) is 4.23. The number of nitrogens with zero attached hydrogens (tertiary/aromatic N) is 1. The van der Waals surface area contributed by atoms with Crippen LogP contribution >= 0.6 is 0 Å². The fraction of sp³-hybridized carbons (Fsp3) is 0.550. The highest BCUT2D eigenvalue weighted by Gasteiger charge is 2.31. The molecule has 1 heterocycles. The van der Waals surface area contributed by atoms with Crippen molar-refractivity contribution < 1.29 is 24.2 Å². The number of hydrogen-bond donors (Lipinski definition) is 1. The Labute approximate surface area is 154 Å². The molecule has 1 aliphatic rings. The lowest BCUT2D eigenvalue weighted by molar-refractivity contribution is -0.137. The lowest BCUT2D eigenvalue weighted by Crippen LogP contribution is -2.42. The number of carbonyl (C=O) groups is 3. The minimum atomic E-state index is -0.999. The standard InChI is InChI=1S/C20H27NO5/c1-5-6-7-8-14-10-17-16(21(4)20(25)13(3)26-17)11-15(14)19(24)12(2)9-18(22)23/h10-13H,5-9H2,1-4H3,(H,22,23). The number of benzene rings is 1. The summed E-state index contributed by atoms with van der Waals surface area (Å²) in [5.41, 5.74) is 1.90. The van der Waals surface area contributed by atoms with E-state index in [1.165, 1.54) is 4.90 Å². The summed E-state index contributed by atoms with van der Waals surface area (Å²) in [6.45, 7) is 5.44. The normalized spacial score (nSPS) is 17.5. The van der Waals surface area contributed by atoms with Gasteiger partial charge in [-0.15, -0.1) is 0 Å². The molecule has 0 spiro atoms. The van der Waals surface area contributed by atoms with Crippen LogP contribution in [0.5, 0.6) is 5.75 Å². The molecule has 1 aliphatic heterocycles. The van der Waals surface area contributed by atoms with E-state index in [0.717, 1.165) is 31.2 Å². The number of carbonyl (C=O) groups excluding carboxylic acids is 2. The Morgan fingerprint density at radius 3 is 2.62 bits per heavy atom. The van der Waals surface area contributed by atoms with Crippen LogP contribution in [0, 0.1) is 5.92 Å². The predicted molar refractivity (Wildman–Crippen MR) is 98.9 cm³/mol. The second-order valence-electron chi connectivity index (χ2n) is 6.95. The molecule has 0 aromatic heterocycles. The molecule has 1 amide bonds. The molecule has 26 heavy (non-hydrogen) atoms. The van der Waals surface area contributed by atoms with Gasteiger partial charge in [0.05, 0.1) is 12.1 Å². The summed E-state index contributed by atoms with van der Waals surface area (Å²) < 4.78 is 5.72. The van der Waals surface area contributed by atoms with Gasteiger partial charge in [-0.05, 0) is 37.5 Å². The number of aryl methyl sites for hydroxylation is 1. The number of amides is 1. The zero-order valence-electron chi connectivity index (χ0n) is 15.9. The van der Waals surface area contributed by atoms with Crippen LogP contribution in [0.25, 0.3) is 0 Å². The maximum absolute atomic E-state index is 12.9. The highest BCUT2D eigenvalue weighted by molar-refractivity contribution is 6.04. The van der Waals surface area contributed by atoms with Gasteiger partial charge in [0.2, 0.25) is 0 Å². The molecule has 0 bridgehead atoms. The molecule has 142 valence electrons. The number of fused-ring (bicyclic) bond motifs is 1. The van der Waals surface area contributed by atoms with E-state index in [0.29, 0.717) is 17.0 Å². The molecule has 2 rings (SSSR count). The number of ether oxygens (including phenoxy) is 1. The van der Waals surface area contributed by atoms with Crippen molar-refractivity contribution in [3.05, 3.63) is 23.3 Å².